The van der Waals surface area contributed by atoms with Crippen LogP contribution in [0.4, 0.5) is 5.69 Å². The quantitative estimate of drug-likeness (QED) is 0.749. The molecule has 25 heavy (non-hydrogen) atoms. The van der Waals surface area contributed by atoms with Gasteiger partial charge in [-0.1, -0.05) is 12.1 Å². The van der Waals surface area contributed by atoms with Gasteiger partial charge in [0.15, 0.2) is 0 Å². The highest BCUT2D eigenvalue weighted by Gasteiger charge is 2.13. The predicted molar refractivity (Wildman–Crippen MR) is 102 cm³/mol. The number of rotatable bonds is 4. The maximum Gasteiger partial charge on any atom is 0.109 e. The van der Waals surface area contributed by atoms with E-state index in [9.17, 15) is 0 Å². The molecule has 3 heterocycles. The number of pyridine rings is 1. The Hall–Kier alpha value is -2.62. The van der Waals surface area contributed by atoms with E-state index in [1.54, 1.807) is 0 Å². The zero-order valence-corrected chi connectivity index (χ0v) is 14.9. The summed E-state index contributed by atoms with van der Waals surface area (Å²) in [6, 6.07) is 13.0. The van der Waals surface area contributed by atoms with Crippen molar-refractivity contribution >= 4 is 5.69 Å². The second-order valence-corrected chi connectivity index (χ2v) is 6.87. The molecule has 0 bridgehead atoms. The van der Waals surface area contributed by atoms with E-state index in [4.69, 9.17) is 4.98 Å². The summed E-state index contributed by atoms with van der Waals surface area (Å²) in [6.07, 6.45) is 7.68. The van der Waals surface area contributed by atoms with Crippen LogP contribution in [0.1, 0.15) is 42.9 Å². The lowest BCUT2D eigenvalue weighted by molar-refractivity contribution is 0.522. The molecule has 1 aromatic carbocycles. The third-order valence-corrected chi connectivity index (χ3v) is 4.89. The number of benzene rings is 1. The van der Waals surface area contributed by atoms with E-state index >= 15 is 0 Å². The number of anilines is 1. The summed E-state index contributed by atoms with van der Waals surface area (Å²) in [5.74, 6) is 1.23. The standard InChI is InChI=1S/C21H24N4/c1-15-13-18(10-11-22-15)16(2)23-19-8-6-17(7-9-19)20-14-25-12-4-3-5-21(25)24-20/h6-11,13-14,16,23H,3-5,12H2,1-2H3. The van der Waals surface area contributed by atoms with Gasteiger partial charge in [0, 0.05) is 48.3 Å². The molecule has 4 heteroatoms. The van der Waals surface area contributed by atoms with Gasteiger partial charge in [-0.15, -0.1) is 0 Å². The Labute approximate surface area is 149 Å². The Balaban J connectivity index is 1.49. The lowest BCUT2D eigenvalue weighted by atomic mass is 10.1. The van der Waals surface area contributed by atoms with Crippen LogP contribution in [0.5, 0.6) is 0 Å². The first-order valence-electron chi connectivity index (χ1n) is 9.04. The van der Waals surface area contributed by atoms with Crippen LogP contribution in [0, 0.1) is 6.92 Å². The van der Waals surface area contributed by atoms with Gasteiger partial charge in [0.2, 0.25) is 0 Å². The number of nitrogens with one attached hydrogen (secondary N) is 1. The van der Waals surface area contributed by atoms with Crippen LogP contribution in [0.3, 0.4) is 0 Å². The Morgan fingerprint density at radius 2 is 1.96 bits per heavy atom. The molecule has 0 fully saturated rings. The van der Waals surface area contributed by atoms with Crippen molar-refractivity contribution in [3.63, 3.8) is 0 Å². The summed E-state index contributed by atoms with van der Waals surface area (Å²) in [5.41, 5.74) is 5.68. The molecule has 0 aliphatic carbocycles. The second kappa shape index (κ2) is 6.71. The van der Waals surface area contributed by atoms with Gasteiger partial charge in [0.25, 0.3) is 0 Å². The van der Waals surface area contributed by atoms with Gasteiger partial charge in [-0.05, 0) is 56.5 Å². The van der Waals surface area contributed by atoms with E-state index in [0.29, 0.717) is 0 Å². The Bertz CT molecular complexity index is 840. The third kappa shape index (κ3) is 3.43. The molecule has 0 spiro atoms. The predicted octanol–water partition coefficient (Wildman–Crippen LogP) is 4.76. The number of hydrogen-bond donors (Lipinski definition) is 1. The summed E-state index contributed by atoms with van der Waals surface area (Å²) in [4.78, 5) is 9.07. The average molecular weight is 332 g/mol. The van der Waals surface area contributed by atoms with Crippen LogP contribution in [-0.4, -0.2) is 14.5 Å². The summed E-state index contributed by atoms with van der Waals surface area (Å²) in [6.45, 7) is 5.30. The first-order valence-corrected chi connectivity index (χ1v) is 9.04. The highest BCUT2D eigenvalue weighted by atomic mass is 15.1. The zero-order valence-electron chi connectivity index (χ0n) is 14.9. The minimum atomic E-state index is 0.243. The van der Waals surface area contributed by atoms with Gasteiger partial charge in [0.1, 0.15) is 5.82 Å². The van der Waals surface area contributed by atoms with E-state index < -0.39 is 0 Å². The van der Waals surface area contributed by atoms with Crippen molar-refractivity contribution in [3.8, 4) is 11.3 Å². The average Bonchev–Trinajstić information content (AvgIpc) is 3.06. The second-order valence-electron chi connectivity index (χ2n) is 6.87. The minimum absolute atomic E-state index is 0.243. The topological polar surface area (TPSA) is 42.7 Å². The van der Waals surface area contributed by atoms with Crippen LogP contribution in [-0.2, 0) is 13.0 Å². The van der Waals surface area contributed by atoms with Crippen LogP contribution >= 0.6 is 0 Å². The molecule has 4 nitrogen and oxygen atoms in total. The lowest BCUT2D eigenvalue weighted by Crippen LogP contribution is -2.08. The first kappa shape index (κ1) is 15.9. The normalized spacial score (nSPS) is 14.8. The Morgan fingerprint density at radius 3 is 2.72 bits per heavy atom. The molecule has 1 N–H and O–H groups in total. The van der Waals surface area contributed by atoms with Gasteiger partial charge < -0.3 is 9.88 Å². The number of imidazole rings is 1. The van der Waals surface area contributed by atoms with Gasteiger partial charge >= 0.3 is 0 Å². The van der Waals surface area contributed by atoms with Crippen molar-refractivity contribution in [2.24, 2.45) is 0 Å². The number of fused-ring (bicyclic) bond motifs is 1. The van der Waals surface area contributed by atoms with Crippen molar-refractivity contribution < 1.29 is 0 Å². The fourth-order valence-corrected chi connectivity index (χ4v) is 3.46. The van der Waals surface area contributed by atoms with E-state index in [2.05, 4.69) is 64.4 Å². The molecule has 0 saturated heterocycles. The maximum absolute atomic E-state index is 4.80. The maximum atomic E-state index is 4.80. The van der Waals surface area contributed by atoms with Crippen molar-refractivity contribution in [2.75, 3.05) is 5.32 Å². The molecule has 0 amide bonds. The molecule has 1 unspecified atom stereocenters. The lowest BCUT2D eigenvalue weighted by Gasteiger charge is -2.16. The molecule has 128 valence electrons. The van der Waals surface area contributed by atoms with Crippen molar-refractivity contribution in [3.05, 3.63) is 65.9 Å². The SMILES string of the molecule is Cc1cc(C(C)Nc2ccc(-c3cn4c(n3)CCCC4)cc2)ccn1. The summed E-state index contributed by atoms with van der Waals surface area (Å²) >= 11 is 0. The molecule has 0 saturated carbocycles. The molecular formula is C21H24N4. The molecular weight excluding hydrogens is 308 g/mol. The Kier molecular flexibility index (Phi) is 4.26. The smallest absolute Gasteiger partial charge is 0.109 e. The molecule has 3 aromatic rings. The fraction of sp³-hybridized carbons (Fsp3) is 0.333. The summed E-state index contributed by atoms with van der Waals surface area (Å²) in [5, 5.41) is 3.56. The highest BCUT2D eigenvalue weighted by Crippen LogP contribution is 2.25. The summed E-state index contributed by atoms with van der Waals surface area (Å²) in [7, 11) is 0. The minimum Gasteiger partial charge on any atom is -0.379 e. The van der Waals surface area contributed by atoms with Crippen LogP contribution < -0.4 is 5.32 Å². The van der Waals surface area contributed by atoms with Crippen LogP contribution in [0.2, 0.25) is 0 Å². The van der Waals surface area contributed by atoms with Crippen LogP contribution in [0.15, 0.2) is 48.8 Å². The number of aromatic nitrogens is 3. The fourth-order valence-electron chi connectivity index (χ4n) is 3.46. The molecule has 4 rings (SSSR count). The Morgan fingerprint density at radius 1 is 1.12 bits per heavy atom. The van der Waals surface area contributed by atoms with E-state index in [1.807, 2.05) is 13.1 Å². The van der Waals surface area contributed by atoms with Crippen molar-refractivity contribution in [1.82, 2.24) is 14.5 Å². The van der Waals surface area contributed by atoms with Gasteiger partial charge in [-0.25, -0.2) is 4.98 Å². The molecule has 2 aromatic heterocycles. The number of hydrogen-bond acceptors (Lipinski definition) is 3. The van der Waals surface area contributed by atoms with Crippen molar-refractivity contribution in [2.45, 2.75) is 45.7 Å². The van der Waals surface area contributed by atoms with E-state index in [1.165, 1.54) is 29.8 Å². The largest absolute Gasteiger partial charge is 0.379 e. The number of nitrogens with zero attached hydrogens (tertiary/aromatic N) is 3. The van der Waals surface area contributed by atoms with Gasteiger partial charge in [0.05, 0.1) is 5.69 Å². The highest BCUT2D eigenvalue weighted by molar-refractivity contribution is 5.62. The summed E-state index contributed by atoms with van der Waals surface area (Å²) < 4.78 is 2.30. The zero-order chi connectivity index (χ0) is 17.2. The monoisotopic (exact) mass is 332 g/mol. The van der Waals surface area contributed by atoms with Crippen LogP contribution in [0.25, 0.3) is 11.3 Å². The van der Waals surface area contributed by atoms with E-state index in [-0.39, 0.29) is 6.04 Å². The first-order chi connectivity index (χ1) is 12.2. The third-order valence-electron chi connectivity index (χ3n) is 4.89. The van der Waals surface area contributed by atoms with E-state index in [0.717, 1.165) is 30.0 Å². The molecule has 1 aliphatic heterocycles. The molecule has 1 atom stereocenters. The van der Waals surface area contributed by atoms with Gasteiger partial charge in [-0.3, -0.25) is 4.98 Å². The number of aryl methyl sites for hydroxylation is 3. The van der Waals surface area contributed by atoms with Gasteiger partial charge in [-0.2, -0.15) is 0 Å². The molecule has 1 aliphatic rings. The molecule has 0 radical (unpaired) electrons. The van der Waals surface area contributed by atoms with Crippen molar-refractivity contribution in [1.29, 1.82) is 0 Å².